The molecule has 3 heterocycles. The molecule has 0 aromatic carbocycles. The molecule has 0 fully saturated rings. The molecule has 0 aliphatic carbocycles. The van der Waals surface area contributed by atoms with Gasteiger partial charge in [0.25, 0.3) is 0 Å². The summed E-state index contributed by atoms with van der Waals surface area (Å²) in [5, 5.41) is 3.99. The van der Waals surface area contributed by atoms with Crippen molar-refractivity contribution in [3.05, 3.63) is 30.9 Å². The summed E-state index contributed by atoms with van der Waals surface area (Å²) in [6.07, 6.45) is 4.63. The molecule has 0 saturated heterocycles. The minimum atomic E-state index is 0.374. The van der Waals surface area contributed by atoms with E-state index in [1.54, 1.807) is 29.1 Å². The molecule has 74 valence electrons. The quantitative estimate of drug-likeness (QED) is 0.634. The first kappa shape index (κ1) is 7.98. The smallest absolute Gasteiger partial charge is 0.185 e. The largest absolute Gasteiger partial charge is 0.463 e. The van der Waals surface area contributed by atoms with Crippen LogP contribution in [0.1, 0.15) is 0 Å². The molecule has 0 amide bonds. The van der Waals surface area contributed by atoms with E-state index in [1.165, 1.54) is 6.33 Å². The lowest BCUT2D eigenvalue weighted by Gasteiger charge is -2.00. The molecule has 2 N–H and O–H groups in total. The maximum Gasteiger partial charge on any atom is 0.185 e. The zero-order valence-corrected chi connectivity index (χ0v) is 7.66. The molecule has 0 aliphatic heterocycles. The average molecular weight is 201 g/mol. The molecule has 0 spiro atoms. The Morgan fingerprint density at radius 1 is 1.40 bits per heavy atom. The minimum Gasteiger partial charge on any atom is -0.463 e. The number of hydrogen-bond donors (Lipinski definition) is 1. The van der Waals surface area contributed by atoms with Crippen LogP contribution in [0.3, 0.4) is 0 Å². The topological polar surface area (TPSA) is 82.2 Å². The third-order valence-corrected chi connectivity index (χ3v) is 2.03. The van der Waals surface area contributed by atoms with Crippen LogP contribution in [-0.4, -0.2) is 19.6 Å². The van der Waals surface area contributed by atoms with Gasteiger partial charge in [-0.15, -0.1) is 0 Å². The first-order valence-corrected chi connectivity index (χ1v) is 4.34. The molecule has 0 unspecified atom stereocenters. The van der Waals surface area contributed by atoms with Crippen LogP contribution < -0.4 is 5.73 Å². The second-order valence-electron chi connectivity index (χ2n) is 3.02. The molecule has 0 bridgehead atoms. The highest BCUT2D eigenvalue weighted by Crippen LogP contribution is 2.22. The van der Waals surface area contributed by atoms with Crippen molar-refractivity contribution in [2.75, 3.05) is 5.73 Å². The van der Waals surface area contributed by atoms with Crippen molar-refractivity contribution in [2.24, 2.45) is 0 Å². The summed E-state index contributed by atoms with van der Waals surface area (Å²) in [5.41, 5.74) is 6.87. The van der Waals surface area contributed by atoms with Gasteiger partial charge in [0.1, 0.15) is 12.1 Å². The van der Waals surface area contributed by atoms with Gasteiger partial charge in [-0.2, -0.15) is 5.10 Å². The van der Waals surface area contributed by atoms with Crippen LogP contribution in [0.4, 0.5) is 5.82 Å². The van der Waals surface area contributed by atoms with Crippen LogP contribution >= 0.6 is 0 Å². The van der Waals surface area contributed by atoms with Crippen molar-refractivity contribution in [3.63, 3.8) is 0 Å². The number of aromatic nitrogens is 4. The summed E-state index contributed by atoms with van der Waals surface area (Å²) < 4.78 is 6.82. The number of hydrogen-bond acceptors (Lipinski definition) is 5. The molecular weight excluding hydrogens is 194 g/mol. The van der Waals surface area contributed by atoms with Gasteiger partial charge < -0.3 is 10.2 Å². The lowest BCUT2D eigenvalue weighted by molar-refractivity contribution is 0.580. The van der Waals surface area contributed by atoms with Gasteiger partial charge in [-0.25, -0.2) is 14.5 Å². The van der Waals surface area contributed by atoms with Gasteiger partial charge in [0.2, 0.25) is 0 Å². The summed E-state index contributed by atoms with van der Waals surface area (Å²) >= 11 is 0. The first-order chi connectivity index (χ1) is 7.34. The fraction of sp³-hybridized carbons (Fsp3) is 0. The summed E-state index contributed by atoms with van der Waals surface area (Å²) in [5.74, 6) is 1.000. The molecular formula is C9H7N5O. The third-order valence-electron chi connectivity index (χ3n) is 2.03. The summed E-state index contributed by atoms with van der Waals surface area (Å²) in [6, 6.07) is 3.59. The Bertz CT molecular complexity index is 598. The van der Waals surface area contributed by atoms with Crippen molar-refractivity contribution in [3.8, 4) is 11.5 Å². The minimum absolute atomic E-state index is 0.374. The van der Waals surface area contributed by atoms with Crippen LogP contribution in [0.5, 0.6) is 0 Å². The van der Waals surface area contributed by atoms with Gasteiger partial charge in [-0.05, 0) is 12.1 Å². The predicted octanol–water partition coefficient (Wildman–Crippen LogP) is 0.967. The standard InChI is InChI=1S/C9H7N5O/c10-7-4-14-9(11-5-12-14)8(13-7)6-2-1-3-15-6/h1-5H,10H2. The zero-order valence-electron chi connectivity index (χ0n) is 7.66. The third kappa shape index (κ3) is 1.15. The SMILES string of the molecule is Nc1cn2ncnc2c(-c2ccco2)n1. The molecule has 0 radical (unpaired) electrons. The number of fused-ring (bicyclic) bond motifs is 1. The number of nitrogens with two attached hydrogens (primary N) is 1. The lowest BCUT2D eigenvalue weighted by atomic mass is 10.3. The van der Waals surface area contributed by atoms with Gasteiger partial charge in [-0.1, -0.05) is 0 Å². The molecule has 15 heavy (non-hydrogen) atoms. The lowest BCUT2D eigenvalue weighted by Crippen LogP contribution is -1.99. The molecule has 6 heteroatoms. The molecule has 0 saturated carbocycles. The van der Waals surface area contributed by atoms with E-state index in [9.17, 15) is 0 Å². The Morgan fingerprint density at radius 2 is 2.33 bits per heavy atom. The van der Waals surface area contributed by atoms with E-state index in [0.29, 0.717) is 22.9 Å². The van der Waals surface area contributed by atoms with E-state index in [0.717, 1.165) is 0 Å². The van der Waals surface area contributed by atoms with Crippen LogP contribution in [0.2, 0.25) is 0 Å². The van der Waals surface area contributed by atoms with E-state index in [2.05, 4.69) is 15.1 Å². The first-order valence-electron chi connectivity index (χ1n) is 4.34. The van der Waals surface area contributed by atoms with E-state index in [-0.39, 0.29) is 0 Å². The highest BCUT2D eigenvalue weighted by atomic mass is 16.3. The maximum absolute atomic E-state index is 5.65. The van der Waals surface area contributed by atoms with Gasteiger partial charge in [0.05, 0.1) is 12.5 Å². The Morgan fingerprint density at radius 3 is 3.13 bits per heavy atom. The Balaban J connectivity index is 2.38. The molecule has 3 aromatic rings. The van der Waals surface area contributed by atoms with Gasteiger partial charge in [0.15, 0.2) is 17.1 Å². The van der Waals surface area contributed by atoms with Crippen molar-refractivity contribution in [1.29, 1.82) is 0 Å². The van der Waals surface area contributed by atoms with Crippen molar-refractivity contribution in [2.45, 2.75) is 0 Å². The molecule has 0 aliphatic rings. The Kier molecular flexibility index (Phi) is 1.49. The summed E-state index contributed by atoms with van der Waals surface area (Å²) in [7, 11) is 0. The van der Waals surface area contributed by atoms with Crippen molar-refractivity contribution < 1.29 is 4.42 Å². The van der Waals surface area contributed by atoms with E-state index in [1.807, 2.05) is 0 Å². The summed E-state index contributed by atoms with van der Waals surface area (Å²) in [4.78, 5) is 8.27. The summed E-state index contributed by atoms with van der Waals surface area (Å²) in [6.45, 7) is 0. The highest BCUT2D eigenvalue weighted by molar-refractivity contribution is 5.70. The molecule has 0 atom stereocenters. The van der Waals surface area contributed by atoms with Gasteiger partial charge in [-0.3, -0.25) is 0 Å². The number of nitrogen functional groups attached to an aromatic ring is 1. The fourth-order valence-electron chi connectivity index (χ4n) is 1.43. The fourth-order valence-corrected chi connectivity index (χ4v) is 1.43. The maximum atomic E-state index is 5.65. The van der Waals surface area contributed by atoms with Crippen molar-refractivity contribution >= 4 is 11.5 Å². The second-order valence-corrected chi connectivity index (χ2v) is 3.02. The van der Waals surface area contributed by atoms with E-state index < -0.39 is 0 Å². The van der Waals surface area contributed by atoms with Crippen molar-refractivity contribution in [1.82, 2.24) is 19.6 Å². The average Bonchev–Trinajstić information content (AvgIpc) is 2.86. The zero-order chi connectivity index (χ0) is 10.3. The van der Waals surface area contributed by atoms with Gasteiger partial charge >= 0.3 is 0 Å². The van der Waals surface area contributed by atoms with Crippen LogP contribution in [0.25, 0.3) is 17.1 Å². The number of anilines is 1. The molecule has 3 rings (SSSR count). The second kappa shape index (κ2) is 2.81. The number of rotatable bonds is 1. The van der Waals surface area contributed by atoms with Crippen LogP contribution in [0, 0.1) is 0 Å². The van der Waals surface area contributed by atoms with E-state index >= 15 is 0 Å². The monoisotopic (exact) mass is 201 g/mol. The normalized spacial score (nSPS) is 10.9. The van der Waals surface area contributed by atoms with Crippen LogP contribution in [-0.2, 0) is 0 Å². The molecule has 6 nitrogen and oxygen atoms in total. The van der Waals surface area contributed by atoms with Crippen LogP contribution in [0.15, 0.2) is 35.3 Å². The number of nitrogens with zero attached hydrogens (tertiary/aromatic N) is 4. The van der Waals surface area contributed by atoms with Gasteiger partial charge in [0, 0.05) is 0 Å². The molecule has 3 aromatic heterocycles. The predicted molar refractivity (Wildman–Crippen MR) is 52.9 cm³/mol. The Hall–Kier alpha value is -2.37. The number of furan rings is 1. The highest BCUT2D eigenvalue weighted by Gasteiger charge is 2.11. The Labute approximate surface area is 84.4 Å². The van der Waals surface area contributed by atoms with E-state index in [4.69, 9.17) is 10.2 Å².